The molecule has 1 aliphatic heterocycles. The Balaban J connectivity index is 1.37. The molecule has 3 aliphatic carbocycles. The van der Waals surface area contributed by atoms with Crippen molar-refractivity contribution in [1.82, 2.24) is 18.9 Å². The van der Waals surface area contributed by atoms with Crippen molar-refractivity contribution in [3.63, 3.8) is 0 Å². The topological polar surface area (TPSA) is 155 Å². The summed E-state index contributed by atoms with van der Waals surface area (Å²) < 4.78 is 41.0. The summed E-state index contributed by atoms with van der Waals surface area (Å²) in [4.78, 5) is 54.4. The fourth-order valence-electron chi connectivity index (χ4n) is 7.62. The second-order valence-corrected chi connectivity index (χ2v) is 12.1. The number of carbonyl (C=O) groups is 2. The number of aromatic hydroxyl groups is 1. The van der Waals surface area contributed by atoms with Crippen LogP contribution in [0.4, 0.5) is 18.0 Å². The summed E-state index contributed by atoms with van der Waals surface area (Å²) in [6, 6.07) is -1.26. The number of halogens is 3. The van der Waals surface area contributed by atoms with Gasteiger partial charge in [-0.25, -0.2) is 9.59 Å². The minimum Gasteiger partial charge on any atom is -0.494 e. The number of likely N-dealkylation sites (N-methyl/N-ethyl adjacent to an activating group) is 1. The van der Waals surface area contributed by atoms with E-state index in [2.05, 4.69) is 0 Å². The molecular weight excluding hydrogens is 533 g/mol. The minimum atomic E-state index is -4.47. The van der Waals surface area contributed by atoms with Crippen LogP contribution in [0.5, 0.6) is 5.88 Å². The lowest BCUT2D eigenvalue weighted by Crippen LogP contribution is -2.64. The molecule has 0 unspecified atom stereocenters. The molecule has 3 saturated carbocycles. The largest absolute Gasteiger partial charge is 0.494 e. The number of nitrogens with zero attached hydrogens (tertiary/aromatic N) is 4. The third kappa shape index (κ3) is 4.48. The Morgan fingerprint density at radius 3 is 2.23 bits per heavy atom. The first-order chi connectivity index (χ1) is 18.7. The van der Waals surface area contributed by atoms with Crippen LogP contribution in [0.3, 0.4) is 0 Å². The van der Waals surface area contributed by atoms with Crippen molar-refractivity contribution in [3.8, 4) is 5.88 Å². The Labute approximate surface area is 228 Å². The van der Waals surface area contributed by atoms with Crippen molar-refractivity contribution < 1.29 is 27.9 Å². The van der Waals surface area contributed by atoms with Crippen molar-refractivity contribution in [2.75, 3.05) is 13.6 Å². The summed E-state index contributed by atoms with van der Waals surface area (Å²) in [7, 11) is 1.28. The first kappa shape index (κ1) is 28.2. The number of amides is 3. The molecule has 5 rings (SSSR count). The number of alkyl halides is 3. The van der Waals surface area contributed by atoms with Crippen LogP contribution in [0.1, 0.15) is 82.2 Å². The average molecular weight is 569 g/mol. The number of amidine groups is 1. The van der Waals surface area contributed by atoms with Crippen LogP contribution in [0.2, 0.25) is 0 Å². The standard InChI is InChI=1S/C26H35F3N6O5/c1-32-21(38)25(34(22(32)39)11-10-26(27,28)29)13-24(14-25)8-6-16(7-9-24)35-20(37)17(18(30)31)19(36)33(23(35)40)12-15-4-2-3-5-15/h15-16,36H,2-14H2,1H3,(H3,30,31). The van der Waals surface area contributed by atoms with Gasteiger partial charge in [-0.2, -0.15) is 13.2 Å². The van der Waals surface area contributed by atoms with Crippen molar-refractivity contribution in [1.29, 1.82) is 5.41 Å². The van der Waals surface area contributed by atoms with E-state index >= 15 is 0 Å². The zero-order chi connectivity index (χ0) is 29.2. The molecule has 0 atom stereocenters. The van der Waals surface area contributed by atoms with Crippen LogP contribution >= 0.6 is 0 Å². The molecule has 0 radical (unpaired) electrons. The number of carbonyl (C=O) groups excluding carboxylic acids is 2. The zero-order valence-corrected chi connectivity index (χ0v) is 22.4. The van der Waals surface area contributed by atoms with Gasteiger partial charge < -0.3 is 15.7 Å². The monoisotopic (exact) mass is 568 g/mol. The molecule has 0 aromatic carbocycles. The van der Waals surface area contributed by atoms with Gasteiger partial charge in [-0.3, -0.25) is 29.0 Å². The van der Waals surface area contributed by atoms with E-state index < -0.39 is 76.6 Å². The maximum absolute atomic E-state index is 13.5. The molecule has 2 heterocycles. The highest BCUT2D eigenvalue weighted by molar-refractivity contribution is 6.07. The first-order valence-electron chi connectivity index (χ1n) is 13.8. The third-order valence-electron chi connectivity index (χ3n) is 9.61. The lowest BCUT2D eigenvalue weighted by molar-refractivity contribution is -0.157. The number of nitrogen functional groups attached to an aromatic ring is 1. The Bertz CT molecular complexity index is 1350. The van der Waals surface area contributed by atoms with Crippen molar-refractivity contribution in [3.05, 3.63) is 26.4 Å². The van der Waals surface area contributed by atoms with E-state index in [0.717, 1.165) is 44.6 Å². The highest BCUT2D eigenvalue weighted by Gasteiger charge is 2.68. The van der Waals surface area contributed by atoms with Crippen molar-refractivity contribution in [2.24, 2.45) is 17.1 Å². The quantitative estimate of drug-likeness (QED) is 0.272. The number of rotatable bonds is 6. The molecule has 11 nitrogen and oxygen atoms in total. The smallest absolute Gasteiger partial charge is 0.390 e. The van der Waals surface area contributed by atoms with Gasteiger partial charge in [0.05, 0.1) is 6.42 Å². The van der Waals surface area contributed by atoms with E-state index in [9.17, 15) is 37.5 Å². The summed E-state index contributed by atoms with van der Waals surface area (Å²) in [6.07, 6.45) is 0.391. The van der Waals surface area contributed by atoms with Gasteiger partial charge in [0.15, 0.2) is 0 Å². The van der Waals surface area contributed by atoms with Crippen molar-refractivity contribution in [2.45, 2.75) is 94.9 Å². The number of nitrogens with two attached hydrogens (primary N) is 1. The van der Waals surface area contributed by atoms with Crippen LogP contribution in [-0.4, -0.2) is 67.1 Å². The Morgan fingerprint density at radius 2 is 1.68 bits per heavy atom. The number of nitrogens with one attached hydrogen (secondary N) is 1. The Morgan fingerprint density at radius 1 is 1.07 bits per heavy atom. The summed E-state index contributed by atoms with van der Waals surface area (Å²) in [5.41, 5.74) is 2.06. The van der Waals surface area contributed by atoms with Crippen LogP contribution in [0.25, 0.3) is 0 Å². The average Bonchev–Trinajstić information content (AvgIpc) is 3.43. The summed E-state index contributed by atoms with van der Waals surface area (Å²) >= 11 is 0. The number of urea groups is 1. The van der Waals surface area contributed by atoms with Crippen LogP contribution in [-0.2, 0) is 11.3 Å². The molecule has 4 aliphatic rings. The number of hydrogen-bond donors (Lipinski definition) is 3. The predicted octanol–water partition coefficient (Wildman–Crippen LogP) is 2.67. The molecule has 3 amide bonds. The van der Waals surface area contributed by atoms with Crippen LogP contribution in [0.15, 0.2) is 9.59 Å². The SMILES string of the molecule is CN1C(=O)N(CCC(F)(F)F)C2(CC3(CCC(n4c(=O)c(C(=N)N)c(O)n(CC5CCCC5)c4=O)CC3)C2)C1=O. The van der Waals surface area contributed by atoms with E-state index in [1.165, 1.54) is 7.05 Å². The normalized spacial score (nSPS) is 29.1. The highest BCUT2D eigenvalue weighted by Crippen LogP contribution is 2.62. The predicted molar refractivity (Wildman–Crippen MR) is 137 cm³/mol. The highest BCUT2D eigenvalue weighted by atomic mass is 19.4. The minimum absolute atomic E-state index is 0.167. The Hall–Kier alpha value is -3.32. The fraction of sp³-hybridized carbons (Fsp3) is 0.731. The molecule has 14 heteroatoms. The van der Waals surface area contributed by atoms with E-state index in [-0.39, 0.29) is 25.3 Å². The molecular formula is C26H35F3N6O5. The molecule has 4 fully saturated rings. The lowest BCUT2D eigenvalue weighted by Gasteiger charge is -2.58. The van der Waals surface area contributed by atoms with Crippen LogP contribution in [0, 0.1) is 16.7 Å². The maximum atomic E-state index is 13.5. The van der Waals surface area contributed by atoms with Crippen molar-refractivity contribution >= 4 is 17.8 Å². The Kier molecular flexibility index (Phi) is 6.81. The maximum Gasteiger partial charge on any atom is 0.390 e. The van der Waals surface area contributed by atoms with E-state index in [0.29, 0.717) is 25.7 Å². The van der Waals surface area contributed by atoms with E-state index in [4.69, 9.17) is 11.1 Å². The van der Waals surface area contributed by atoms with Gasteiger partial charge in [0.25, 0.3) is 11.5 Å². The lowest BCUT2D eigenvalue weighted by atomic mass is 9.51. The van der Waals surface area contributed by atoms with E-state index in [1.807, 2.05) is 0 Å². The fourth-order valence-corrected chi connectivity index (χ4v) is 7.62. The summed E-state index contributed by atoms with van der Waals surface area (Å²) in [5.74, 6) is -1.55. The van der Waals surface area contributed by atoms with Gasteiger partial charge in [0.2, 0.25) is 5.88 Å². The van der Waals surface area contributed by atoms with Gasteiger partial charge >= 0.3 is 17.9 Å². The molecule has 1 aromatic rings. The molecule has 0 bridgehead atoms. The molecule has 220 valence electrons. The van der Waals surface area contributed by atoms with Crippen LogP contribution < -0.4 is 17.0 Å². The molecule has 2 spiro atoms. The van der Waals surface area contributed by atoms with Gasteiger partial charge in [0.1, 0.15) is 16.9 Å². The number of aromatic nitrogens is 2. The summed E-state index contributed by atoms with van der Waals surface area (Å²) in [6.45, 7) is -0.365. The zero-order valence-electron chi connectivity index (χ0n) is 22.4. The van der Waals surface area contributed by atoms with Gasteiger partial charge in [-0.05, 0) is 62.7 Å². The number of imide groups is 1. The van der Waals surface area contributed by atoms with Gasteiger partial charge in [-0.15, -0.1) is 0 Å². The second-order valence-electron chi connectivity index (χ2n) is 12.1. The third-order valence-corrected chi connectivity index (χ3v) is 9.61. The summed E-state index contributed by atoms with van der Waals surface area (Å²) in [5, 5.41) is 18.6. The first-order valence-corrected chi connectivity index (χ1v) is 13.8. The van der Waals surface area contributed by atoms with Gasteiger partial charge in [0, 0.05) is 26.2 Å². The number of hydrogen-bond acceptors (Lipinski definition) is 6. The second kappa shape index (κ2) is 9.65. The van der Waals surface area contributed by atoms with Gasteiger partial charge in [-0.1, -0.05) is 12.8 Å². The molecule has 4 N–H and O–H groups in total. The molecule has 40 heavy (non-hydrogen) atoms. The molecule has 1 aromatic heterocycles. The molecule has 1 saturated heterocycles. The van der Waals surface area contributed by atoms with E-state index in [1.54, 1.807) is 0 Å².